The van der Waals surface area contributed by atoms with Gasteiger partial charge in [-0.2, -0.15) is 0 Å². The Balaban J connectivity index is 1.43. The number of carbonyl (C=O) groups excluding carboxylic acids is 2. The van der Waals surface area contributed by atoms with Gasteiger partial charge in [-0.25, -0.2) is 4.98 Å². The summed E-state index contributed by atoms with van der Waals surface area (Å²) in [4.78, 5) is 38.1. The van der Waals surface area contributed by atoms with Crippen molar-refractivity contribution in [1.82, 2.24) is 14.9 Å². The first-order chi connectivity index (χ1) is 18.0. The average Bonchev–Trinajstić information content (AvgIpc) is 3.37. The van der Waals surface area contributed by atoms with Gasteiger partial charge < -0.3 is 24.8 Å². The number of H-pyrrole nitrogens is 1. The third kappa shape index (κ3) is 5.48. The Morgan fingerprint density at radius 3 is 2.73 bits per heavy atom. The maximum absolute atomic E-state index is 13.7. The molecule has 8 nitrogen and oxygen atoms in total. The van der Waals surface area contributed by atoms with Crippen molar-refractivity contribution in [2.75, 3.05) is 30.4 Å². The molecular weight excluding hydrogens is 466 g/mol. The molecule has 1 fully saturated rings. The monoisotopic (exact) mass is 501 g/mol. The van der Waals surface area contributed by atoms with Crippen molar-refractivity contribution in [2.45, 2.75) is 52.1 Å². The zero-order chi connectivity index (χ0) is 25.8. The van der Waals surface area contributed by atoms with Crippen molar-refractivity contribution >= 4 is 23.2 Å². The van der Waals surface area contributed by atoms with Crippen molar-refractivity contribution in [3.05, 3.63) is 71.3 Å². The van der Waals surface area contributed by atoms with E-state index in [0.29, 0.717) is 37.5 Å². The van der Waals surface area contributed by atoms with E-state index in [9.17, 15) is 9.59 Å². The number of nitrogens with zero attached hydrogens (tertiary/aromatic N) is 3. The van der Waals surface area contributed by atoms with Crippen molar-refractivity contribution in [3.63, 3.8) is 0 Å². The molecule has 1 aromatic heterocycles. The van der Waals surface area contributed by atoms with E-state index in [2.05, 4.69) is 20.2 Å². The minimum Gasteiger partial charge on any atom is -0.496 e. The predicted octanol–water partition coefficient (Wildman–Crippen LogP) is 4.91. The number of aromatic amines is 1. The largest absolute Gasteiger partial charge is 0.496 e. The first-order valence-electron chi connectivity index (χ1n) is 13.1. The van der Waals surface area contributed by atoms with Crippen LogP contribution in [0, 0.1) is 12.8 Å². The van der Waals surface area contributed by atoms with E-state index < -0.39 is 0 Å². The fraction of sp³-hybridized carbons (Fsp3) is 0.414. The number of carbonyl (C=O) groups is 2. The molecule has 2 N–H and O–H groups in total. The second kappa shape index (κ2) is 11.1. The van der Waals surface area contributed by atoms with Crippen LogP contribution in [0.4, 0.5) is 11.4 Å². The fourth-order valence-corrected chi connectivity index (χ4v) is 5.50. The van der Waals surface area contributed by atoms with Crippen LogP contribution in [0.25, 0.3) is 0 Å². The lowest BCUT2D eigenvalue weighted by atomic mass is 9.88. The van der Waals surface area contributed by atoms with Crippen LogP contribution >= 0.6 is 0 Å². The third-order valence-corrected chi connectivity index (χ3v) is 7.52. The number of anilines is 2. The molecule has 0 radical (unpaired) electrons. The van der Waals surface area contributed by atoms with Crippen LogP contribution in [0.1, 0.15) is 59.3 Å². The van der Waals surface area contributed by atoms with Crippen LogP contribution in [0.5, 0.6) is 5.75 Å². The maximum atomic E-state index is 13.7. The molecule has 8 heteroatoms. The molecule has 0 unspecified atom stereocenters. The molecule has 1 aliphatic heterocycles. The molecule has 0 bridgehead atoms. The molecule has 0 spiro atoms. The van der Waals surface area contributed by atoms with E-state index in [1.165, 1.54) is 6.42 Å². The summed E-state index contributed by atoms with van der Waals surface area (Å²) in [6.45, 7) is 4.25. The lowest BCUT2D eigenvalue weighted by Gasteiger charge is -2.25. The van der Waals surface area contributed by atoms with Crippen LogP contribution in [-0.2, 0) is 17.9 Å². The summed E-state index contributed by atoms with van der Waals surface area (Å²) in [6.07, 6.45) is 8.87. The number of para-hydroxylation sites is 1. The Morgan fingerprint density at radius 1 is 1.14 bits per heavy atom. The van der Waals surface area contributed by atoms with Crippen LogP contribution in [0.3, 0.4) is 0 Å². The quantitative estimate of drug-likeness (QED) is 0.501. The van der Waals surface area contributed by atoms with Gasteiger partial charge in [0.1, 0.15) is 5.75 Å². The Bertz CT molecular complexity index is 1250. The number of methoxy groups -OCH3 is 1. The van der Waals surface area contributed by atoms with Gasteiger partial charge in [0, 0.05) is 43.1 Å². The number of hydrogen-bond donors (Lipinski definition) is 2. The smallest absolute Gasteiger partial charge is 0.257 e. The first-order valence-corrected chi connectivity index (χ1v) is 13.1. The molecular formula is C29H35N5O3. The van der Waals surface area contributed by atoms with Gasteiger partial charge in [0.15, 0.2) is 0 Å². The SMILES string of the molecule is COc1c(C)cccc1C(=O)N1CCN(Cc2cnc[nH]2)c2cc(NC(=O)C3CCCCC3)ccc2C1. The Kier molecular flexibility index (Phi) is 7.44. The number of hydrogen-bond acceptors (Lipinski definition) is 5. The fourth-order valence-electron chi connectivity index (χ4n) is 5.50. The second-order valence-corrected chi connectivity index (χ2v) is 10.0. The van der Waals surface area contributed by atoms with Crippen molar-refractivity contribution in [1.29, 1.82) is 0 Å². The summed E-state index contributed by atoms with van der Waals surface area (Å²) in [5.41, 5.74) is 5.34. The summed E-state index contributed by atoms with van der Waals surface area (Å²) in [7, 11) is 1.60. The number of fused-ring (bicyclic) bond motifs is 1. The maximum Gasteiger partial charge on any atom is 0.257 e. The molecule has 0 saturated heterocycles. The highest BCUT2D eigenvalue weighted by Crippen LogP contribution is 2.32. The number of ether oxygens (including phenoxy) is 1. The number of aromatic nitrogens is 2. The minimum atomic E-state index is -0.0513. The van der Waals surface area contributed by atoms with Gasteiger partial charge in [-0.15, -0.1) is 0 Å². The van der Waals surface area contributed by atoms with Crippen molar-refractivity contribution in [3.8, 4) is 5.75 Å². The van der Waals surface area contributed by atoms with E-state index in [1.54, 1.807) is 13.4 Å². The van der Waals surface area contributed by atoms with Gasteiger partial charge in [-0.3, -0.25) is 9.59 Å². The molecule has 194 valence electrons. The van der Waals surface area contributed by atoms with E-state index in [1.807, 2.05) is 54.4 Å². The normalized spacial score (nSPS) is 16.2. The Labute approximate surface area is 218 Å². The summed E-state index contributed by atoms with van der Waals surface area (Å²) in [5, 5.41) is 3.16. The van der Waals surface area contributed by atoms with E-state index >= 15 is 0 Å². The van der Waals surface area contributed by atoms with E-state index in [-0.39, 0.29) is 17.7 Å². The molecule has 3 aromatic rings. The molecule has 2 amide bonds. The highest BCUT2D eigenvalue weighted by Gasteiger charge is 2.27. The first kappa shape index (κ1) is 24.9. The zero-order valence-electron chi connectivity index (χ0n) is 21.6. The summed E-state index contributed by atoms with van der Waals surface area (Å²) in [5.74, 6) is 0.763. The Hall–Kier alpha value is -3.81. The average molecular weight is 502 g/mol. The van der Waals surface area contributed by atoms with Crippen LogP contribution in [0.2, 0.25) is 0 Å². The predicted molar refractivity (Wildman–Crippen MR) is 144 cm³/mol. The number of rotatable bonds is 6. The highest BCUT2D eigenvalue weighted by molar-refractivity contribution is 5.97. The van der Waals surface area contributed by atoms with Crippen molar-refractivity contribution < 1.29 is 14.3 Å². The van der Waals surface area contributed by atoms with Gasteiger partial charge in [-0.05, 0) is 49.1 Å². The number of aryl methyl sites for hydroxylation is 1. The number of nitrogens with one attached hydrogen (secondary N) is 2. The standard InChI is InChI=1S/C29H35N5O3/c1-20-7-6-10-25(27(20)37-2)29(36)34-14-13-33(18-24-16-30-19-31-24)26-15-23(12-11-22(26)17-34)32-28(35)21-8-4-3-5-9-21/h6-7,10-12,15-16,19,21H,3-5,8-9,13-14,17-18H2,1-2H3,(H,30,31)(H,32,35). The van der Waals surface area contributed by atoms with E-state index in [0.717, 1.165) is 53.9 Å². The molecule has 1 saturated carbocycles. The van der Waals surface area contributed by atoms with Gasteiger partial charge in [0.05, 0.1) is 31.2 Å². The molecule has 37 heavy (non-hydrogen) atoms. The topological polar surface area (TPSA) is 90.6 Å². The summed E-state index contributed by atoms with van der Waals surface area (Å²) >= 11 is 0. The van der Waals surface area contributed by atoms with Gasteiger partial charge >= 0.3 is 0 Å². The highest BCUT2D eigenvalue weighted by atomic mass is 16.5. The van der Waals surface area contributed by atoms with Gasteiger partial charge in [0.2, 0.25) is 5.91 Å². The molecule has 5 rings (SSSR count). The van der Waals surface area contributed by atoms with Gasteiger partial charge in [0.25, 0.3) is 5.91 Å². The lowest BCUT2D eigenvalue weighted by Crippen LogP contribution is -2.35. The zero-order valence-corrected chi connectivity index (χ0v) is 21.6. The number of amides is 2. The van der Waals surface area contributed by atoms with Crippen LogP contribution < -0.4 is 15.0 Å². The molecule has 2 heterocycles. The summed E-state index contributed by atoms with van der Waals surface area (Å²) in [6, 6.07) is 11.7. The Morgan fingerprint density at radius 2 is 1.97 bits per heavy atom. The second-order valence-electron chi connectivity index (χ2n) is 10.0. The number of imidazole rings is 1. The lowest BCUT2D eigenvalue weighted by molar-refractivity contribution is -0.120. The molecule has 0 atom stereocenters. The van der Waals surface area contributed by atoms with Crippen molar-refractivity contribution in [2.24, 2.45) is 5.92 Å². The van der Waals surface area contributed by atoms with Crippen LogP contribution in [-0.4, -0.2) is 46.9 Å². The molecule has 2 aromatic carbocycles. The van der Waals surface area contributed by atoms with E-state index in [4.69, 9.17) is 4.74 Å². The summed E-state index contributed by atoms with van der Waals surface area (Å²) < 4.78 is 5.57. The minimum absolute atomic E-state index is 0.0513. The third-order valence-electron chi connectivity index (χ3n) is 7.52. The van der Waals surface area contributed by atoms with Gasteiger partial charge in [-0.1, -0.05) is 37.5 Å². The van der Waals surface area contributed by atoms with Crippen LogP contribution in [0.15, 0.2) is 48.9 Å². The number of benzene rings is 2. The molecule has 1 aliphatic carbocycles. The molecule has 2 aliphatic rings.